The van der Waals surface area contributed by atoms with Crippen molar-refractivity contribution >= 4 is 40.7 Å². The van der Waals surface area contributed by atoms with Crippen LogP contribution in [0.5, 0.6) is 5.75 Å². The van der Waals surface area contributed by atoms with E-state index in [1.54, 1.807) is 23.8 Å². The summed E-state index contributed by atoms with van der Waals surface area (Å²) < 4.78 is 5.15. The lowest BCUT2D eigenvalue weighted by Gasteiger charge is -2.15. The fourth-order valence-electron chi connectivity index (χ4n) is 2.49. The number of ether oxygens (including phenoxy) is 1. The van der Waals surface area contributed by atoms with E-state index >= 15 is 0 Å². The first-order valence-corrected chi connectivity index (χ1v) is 9.15. The number of benzene rings is 2. The fraction of sp³-hybridized carbons (Fsp3) is 0.222. The SMILES string of the molecule is COc1ccc(N2C(=O)C(CSCc3ccccc3)NC2=S)cc1. The zero-order chi connectivity index (χ0) is 16.9. The lowest BCUT2D eigenvalue weighted by atomic mass is 10.2. The van der Waals surface area contributed by atoms with Gasteiger partial charge in [0.1, 0.15) is 11.8 Å². The highest BCUT2D eigenvalue weighted by atomic mass is 32.2. The van der Waals surface area contributed by atoms with Crippen molar-refractivity contribution in [2.24, 2.45) is 0 Å². The molecule has 2 aromatic rings. The quantitative estimate of drug-likeness (QED) is 0.803. The molecule has 0 spiro atoms. The van der Waals surface area contributed by atoms with Gasteiger partial charge in [-0.2, -0.15) is 11.8 Å². The third-order valence-electron chi connectivity index (χ3n) is 3.75. The number of thiocarbonyl (C=S) groups is 1. The Morgan fingerprint density at radius 3 is 2.54 bits per heavy atom. The van der Waals surface area contributed by atoms with Gasteiger partial charge in [0.05, 0.1) is 12.8 Å². The van der Waals surface area contributed by atoms with Gasteiger partial charge in [-0.25, -0.2) is 0 Å². The summed E-state index contributed by atoms with van der Waals surface area (Å²) in [7, 11) is 1.61. The average Bonchev–Trinajstić information content (AvgIpc) is 2.90. The first-order valence-electron chi connectivity index (χ1n) is 7.59. The van der Waals surface area contributed by atoms with Gasteiger partial charge < -0.3 is 10.1 Å². The molecule has 0 radical (unpaired) electrons. The van der Waals surface area contributed by atoms with Crippen LogP contribution in [0.15, 0.2) is 54.6 Å². The van der Waals surface area contributed by atoms with Crippen LogP contribution in [0.25, 0.3) is 0 Å². The van der Waals surface area contributed by atoms with Crippen LogP contribution in [0.2, 0.25) is 0 Å². The Morgan fingerprint density at radius 2 is 1.88 bits per heavy atom. The van der Waals surface area contributed by atoms with E-state index in [-0.39, 0.29) is 11.9 Å². The van der Waals surface area contributed by atoms with Crippen molar-refractivity contribution in [3.63, 3.8) is 0 Å². The van der Waals surface area contributed by atoms with Crippen molar-refractivity contribution in [1.82, 2.24) is 5.32 Å². The third kappa shape index (κ3) is 3.71. The molecule has 0 aromatic heterocycles. The lowest BCUT2D eigenvalue weighted by Crippen LogP contribution is -2.32. The van der Waals surface area contributed by atoms with Gasteiger partial charge in [0.15, 0.2) is 5.11 Å². The number of nitrogens with one attached hydrogen (secondary N) is 1. The van der Waals surface area contributed by atoms with E-state index in [0.717, 1.165) is 17.2 Å². The van der Waals surface area contributed by atoms with Crippen LogP contribution in [0, 0.1) is 0 Å². The normalized spacial score (nSPS) is 17.0. The Labute approximate surface area is 151 Å². The van der Waals surface area contributed by atoms with Gasteiger partial charge in [-0.3, -0.25) is 9.69 Å². The zero-order valence-electron chi connectivity index (χ0n) is 13.3. The fourth-order valence-corrected chi connectivity index (χ4v) is 3.83. The number of carbonyl (C=O) groups excluding carboxylic acids is 1. The molecule has 1 unspecified atom stereocenters. The van der Waals surface area contributed by atoms with Gasteiger partial charge in [0, 0.05) is 11.5 Å². The van der Waals surface area contributed by atoms with Gasteiger partial charge in [-0.15, -0.1) is 0 Å². The second kappa shape index (κ2) is 7.68. The predicted octanol–water partition coefficient (Wildman–Crippen LogP) is 3.22. The summed E-state index contributed by atoms with van der Waals surface area (Å²) in [6, 6.07) is 17.3. The molecule has 4 nitrogen and oxygen atoms in total. The van der Waals surface area contributed by atoms with E-state index in [9.17, 15) is 4.79 Å². The number of nitrogens with zero attached hydrogens (tertiary/aromatic N) is 1. The zero-order valence-corrected chi connectivity index (χ0v) is 14.9. The molecule has 6 heteroatoms. The van der Waals surface area contributed by atoms with E-state index < -0.39 is 0 Å². The number of carbonyl (C=O) groups is 1. The maximum atomic E-state index is 12.6. The van der Waals surface area contributed by atoms with E-state index in [1.165, 1.54) is 5.56 Å². The molecule has 0 bridgehead atoms. The largest absolute Gasteiger partial charge is 0.497 e. The van der Waals surface area contributed by atoms with Crippen molar-refractivity contribution in [2.75, 3.05) is 17.8 Å². The molecular weight excluding hydrogens is 340 g/mol. The average molecular weight is 358 g/mol. The maximum absolute atomic E-state index is 12.6. The van der Waals surface area contributed by atoms with Crippen LogP contribution in [-0.2, 0) is 10.5 Å². The second-order valence-electron chi connectivity index (χ2n) is 5.37. The van der Waals surface area contributed by atoms with Crippen LogP contribution in [0.3, 0.4) is 0 Å². The minimum absolute atomic E-state index is 0.00858. The summed E-state index contributed by atoms with van der Waals surface area (Å²) in [5.74, 6) is 2.30. The Hall–Kier alpha value is -2.05. The Balaban J connectivity index is 1.61. The van der Waals surface area contributed by atoms with Gasteiger partial charge in [-0.1, -0.05) is 30.3 Å². The number of hydrogen-bond acceptors (Lipinski definition) is 4. The molecule has 1 heterocycles. The monoisotopic (exact) mass is 358 g/mol. The molecule has 1 fully saturated rings. The van der Waals surface area contributed by atoms with E-state index in [0.29, 0.717) is 10.9 Å². The summed E-state index contributed by atoms with van der Waals surface area (Å²) in [5, 5.41) is 3.58. The highest BCUT2D eigenvalue weighted by molar-refractivity contribution is 7.98. The summed E-state index contributed by atoms with van der Waals surface area (Å²) in [6.07, 6.45) is 0. The van der Waals surface area contributed by atoms with E-state index in [4.69, 9.17) is 17.0 Å². The number of methoxy groups -OCH3 is 1. The molecule has 2 aromatic carbocycles. The number of rotatable bonds is 6. The molecular formula is C18H18N2O2S2. The first kappa shape index (κ1) is 16.8. The Bertz CT molecular complexity index is 720. The molecule has 1 aliphatic rings. The van der Waals surface area contributed by atoms with E-state index in [2.05, 4.69) is 17.4 Å². The Morgan fingerprint density at radius 1 is 1.17 bits per heavy atom. The summed E-state index contributed by atoms with van der Waals surface area (Å²) in [4.78, 5) is 14.2. The molecule has 1 amide bonds. The van der Waals surface area contributed by atoms with Crippen molar-refractivity contribution < 1.29 is 9.53 Å². The number of thioether (sulfide) groups is 1. The lowest BCUT2D eigenvalue weighted by molar-refractivity contribution is -0.117. The minimum atomic E-state index is -0.284. The highest BCUT2D eigenvalue weighted by Gasteiger charge is 2.36. The summed E-state index contributed by atoms with van der Waals surface area (Å²) >= 11 is 7.06. The standard InChI is InChI=1S/C18H18N2O2S2/c1-22-15-9-7-14(8-10-15)20-17(21)16(19-18(20)23)12-24-11-13-5-3-2-4-6-13/h2-10,16H,11-12H2,1H3,(H,19,23). The van der Waals surface area contributed by atoms with Crippen molar-refractivity contribution in [2.45, 2.75) is 11.8 Å². The van der Waals surface area contributed by atoms with Gasteiger partial charge >= 0.3 is 0 Å². The molecule has 1 aliphatic heterocycles. The van der Waals surface area contributed by atoms with Crippen LogP contribution in [0.1, 0.15) is 5.56 Å². The highest BCUT2D eigenvalue weighted by Crippen LogP contribution is 2.24. The topological polar surface area (TPSA) is 41.6 Å². The molecule has 124 valence electrons. The maximum Gasteiger partial charge on any atom is 0.256 e. The van der Waals surface area contributed by atoms with Crippen molar-refractivity contribution in [3.05, 3.63) is 60.2 Å². The molecule has 24 heavy (non-hydrogen) atoms. The first-order chi connectivity index (χ1) is 11.7. The van der Waals surface area contributed by atoms with Gasteiger partial charge in [-0.05, 0) is 42.0 Å². The minimum Gasteiger partial charge on any atom is -0.497 e. The van der Waals surface area contributed by atoms with Crippen molar-refractivity contribution in [1.29, 1.82) is 0 Å². The van der Waals surface area contributed by atoms with Gasteiger partial charge in [0.2, 0.25) is 0 Å². The van der Waals surface area contributed by atoms with E-state index in [1.807, 2.05) is 42.5 Å². The molecule has 1 atom stereocenters. The van der Waals surface area contributed by atoms with Crippen LogP contribution >= 0.6 is 24.0 Å². The van der Waals surface area contributed by atoms with Crippen LogP contribution < -0.4 is 15.0 Å². The summed E-state index contributed by atoms with van der Waals surface area (Å²) in [5.41, 5.74) is 2.01. The number of anilines is 1. The van der Waals surface area contributed by atoms with Crippen LogP contribution in [0.4, 0.5) is 5.69 Å². The molecule has 1 saturated heterocycles. The van der Waals surface area contributed by atoms with Crippen molar-refractivity contribution in [3.8, 4) is 5.75 Å². The Kier molecular flexibility index (Phi) is 5.37. The smallest absolute Gasteiger partial charge is 0.256 e. The number of amides is 1. The second-order valence-corrected chi connectivity index (χ2v) is 6.79. The van der Waals surface area contributed by atoms with Gasteiger partial charge in [0.25, 0.3) is 5.91 Å². The molecule has 3 rings (SSSR count). The third-order valence-corrected chi connectivity index (χ3v) is 5.15. The number of hydrogen-bond donors (Lipinski definition) is 1. The molecule has 0 aliphatic carbocycles. The van der Waals surface area contributed by atoms with Crippen LogP contribution in [-0.4, -0.2) is 29.9 Å². The predicted molar refractivity (Wildman–Crippen MR) is 103 cm³/mol. The molecule has 1 N–H and O–H groups in total. The molecule has 0 saturated carbocycles. The summed E-state index contributed by atoms with van der Waals surface area (Å²) in [6.45, 7) is 0.